The van der Waals surface area contributed by atoms with Crippen molar-refractivity contribution in [1.29, 1.82) is 0 Å². The van der Waals surface area contributed by atoms with Crippen molar-refractivity contribution < 1.29 is 4.79 Å². The van der Waals surface area contributed by atoms with Crippen molar-refractivity contribution in [2.75, 3.05) is 30.3 Å². The summed E-state index contributed by atoms with van der Waals surface area (Å²) in [6.07, 6.45) is 5.07. The highest BCUT2D eigenvalue weighted by Crippen LogP contribution is 2.38. The second-order valence-corrected chi connectivity index (χ2v) is 9.17. The Kier molecular flexibility index (Phi) is 6.47. The van der Waals surface area contributed by atoms with Gasteiger partial charge >= 0.3 is 0 Å². The van der Waals surface area contributed by atoms with E-state index in [1.54, 1.807) is 6.07 Å². The lowest BCUT2D eigenvalue weighted by atomic mass is 10.00. The zero-order valence-corrected chi connectivity index (χ0v) is 19.4. The molecule has 0 spiro atoms. The van der Waals surface area contributed by atoms with Crippen molar-refractivity contribution in [2.45, 2.75) is 25.7 Å². The van der Waals surface area contributed by atoms with Crippen molar-refractivity contribution in [1.82, 2.24) is 4.90 Å². The minimum absolute atomic E-state index is 0.128. The van der Waals surface area contributed by atoms with Crippen LogP contribution in [0.2, 0.25) is 5.02 Å². The van der Waals surface area contributed by atoms with Gasteiger partial charge in [0.1, 0.15) is 0 Å². The van der Waals surface area contributed by atoms with Crippen LogP contribution in [0.1, 0.15) is 36.0 Å². The molecule has 2 aliphatic rings. The van der Waals surface area contributed by atoms with Crippen LogP contribution in [0.3, 0.4) is 0 Å². The standard InChI is InChI=1S/C28H28ClN3O/c29-22-11-14-24-25(19-22)31-28(33)26(24)27(21-7-3-1-4-8-21)30-23-12-9-20(10-13-23)15-18-32-16-5-2-6-17-32/h1,3-4,7-14,19,30H,2,5-6,15-18H2,(H,31,33). The molecule has 2 heterocycles. The highest BCUT2D eigenvalue weighted by atomic mass is 35.5. The number of hydrogen-bond donors (Lipinski definition) is 2. The van der Waals surface area contributed by atoms with E-state index in [-0.39, 0.29) is 5.91 Å². The average Bonchev–Trinajstić information content (AvgIpc) is 3.17. The number of carbonyl (C=O) groups excluding carboxylic acids is 1. The maximum absolute atomic E-state index is 13.0. The predicted molar refractivity (Wildman–Crippen MR) is 137 cm³/mol. The minimum atomic E-state index is -0.128. The summed E-state index contributed by atoms with van der Waals surface area (Å²) in [5.74, 6) is -0.128. The molecule has 4 nitrogen and oxygen atoms in total. The number of piperidine rings is 1. The minimum Gasteiger partial charge on any atom is -0.354 e. The van der Waals surface area contributed by atoms with E-state index in [2.05, 4.69) is 39.8 Å². The third-order valence-electron chi connectivity index (χ3n) is 6.43. The Morgan fingerprint density at radius 1 is 0.939 bits per heavy atom. The van der Waals surface area contributed by atoms with Crippen LogP contribution in [0.4, 0.5) is 11.4 Å². The molecule has 0 aliphatic carbocycles. The number of benzene rings is 3. The second kappa shape index (κ2) is 9.82. The van der Waals surface area contributed by atoms with Gasteiger partial charge in [-0.05, 0) is 67.7 Å². The fraction of sp³-hybridized carbons (Fsp3) is 0.250. The summed E-state index contributed by atoms with van der Waals surface area (Å²) in [6.45, 7) is 3.57. The van der Waals surface area contributed by atoms with Crippen molar-refractivity contribution in [3.05, 3.63) is 94.5 Å². The van der Waals surface area contributed by atoms with Crippen LogP contribution in [0.25, 0.3) is 11.3 Å². The van der Waals surface area contributed by atoms with Crippen molar-refractivity contribution in [3.63, 3.8) is 0 Å². The average molecular weight is 458 g/mol. The Morgan fingerprint density at radius 2 is 1.70 bits per heavy atom. The summed E-state index contributed by atoms with van der Waals surface area (Å²) in [6, 6.07) is 24.1. The SMILES string of the molecule is O=C1Nc2cc(Cl)ccc2C1=C(Nc1ccc(CCN2CCCCC2)cc1)c1ccccc1. The Morgan fingerprint density at radius 3 is 2.45 bits per heavy atom. The van der Waals surface area contributed by atoms with Crippen LogP contribution < -0.4 is 10.6 Å². The molecule has 1 saturated heterocycles. The van der Waals surface area contributed by atoms with Gasteiger partial charge in [0.2, 0.25) is 0 Å². The molecule has 3 aromatic rings. The Labute approximate surface area is 200 Å². The Bertz CT molecular complexity index is 1170. The Balaban J connectivity index is 1.41. The van der Waals surface area contributed by atoms with Crippen molar-refractivity contribution >= 4 is 40.2 Å². The smallest absolute Gasteiger partial charge is 0.258 e. The van der Waals surface area contributed by atoms with Crippen molar-refractivity contribution in [2.24, 2.45) is 0 Å². The van der Waals surface area contributed by atoms with E-state index in [9.17, 15) is 4.79 Å². The number of nitrogens with one attached hydrogen (secondary N) is 2. The lowest BCUT2D eigenvalue weighted by Crippen LogP contribution is -2.31. The number of rotatable bonds is 6. The summed E-state index contributed by atoms with van der Waals surface area (Å²) >= 11 is 6.15. The first kappa shape index (κ1) is 21.7. The van der Waals surface area contributed by atoms with Crippen LogP contribution in [0.5, 0.6) is 0 Å². The van der Waals surface area contributed by atoms with E-state index < -0.39 is 0 Å². The molecule has 5 rings (SSSR count). The summed E-state index contributed by atoms with van der Waals surface area (Å²) < 4.78 is 0. The van der Waals surface area contributed by atoms with Gasteiger partial charge in [0.25, 0.3) is 5.91 Å². The van der Waals surface area contributed by atoms with Crippen LogP contribution >= 0.6 is 11.6 Å². The highest BCUT2D eigenvalue weighted by molar-refractivity contribution is 6.38. The highest BCUT2D eigenvalue weighted by Gasteiger charge is 2.28. The maximum atomic E-state index is 13.0. The van der Waals surface area contributed by atoms with Gasteiger partial charge in [0.15, 0.2) is 0 Å². The molecule has 168 valence electrons. The molecule has 0 radical (unpaired) electrons. The molecular weight excluding hydrogens is 430 g/mol. The molecule has 3 aromatic carbocycles. The molecule has 1 fully saturated rings. The lowest BCUT2D eigenvalue weighted by Gasteiger charge is -2.26. The fourth-order valence-electron chi connectivity index (χ4n) is 4.65. The zero-order valence-electron chi connectivity index (χ0n) is 18.6. The van der Waals surface area contributed by atoms with E-state index in [4.69, 9.17) is 11.6 Å². The van der Waals surface area contributed by atoms with E-state index >= 15 is 0 Å². The van der Waals surface area contributed by atoms with Crippen LogP contribution in [-0.2, 0) is 11.2 Å². The van der Waals surface area contributed by atoms with Gasteiger partial charge in [-0.25, -0.2) is 0 Å². The number of amides is 1. The number of carbonyl (C=O) groups is 1. The number of halogens is 1. The largest absolute Gasteiger partial charge is 0.354 e. The summed E-state index contributed by atoms with van der Waals surface area (Å²) in [4.78, 5) is 15.5. The predicted octanol–water partition coefficient (Wildman–Crippen LogP) is 6.30. The molecule has 5 heteroatoms. The van der Waals surface area contributed by atoms with Crippen LogP contribution in [0.15, 0.2) is 72.8 Å². The van der Waals surface area contributed by atoms with Gasteiger partial charge in [0, 0.05) is 22.8 Å². The molecule has 0 aromatic heterocycles. The topological polar surface area (TPSA) is 44.4 Å². The summed E-state index contributed by atoms with van der Waals surface area (Å²) in [7, 11) is 0. The fourth-order valence-corrected chi connectivity index (χ4v) is 4.82. The normalized spacial score (nSPS) is 17.4. The van der Waals surface area contributed by atoms with Gasteiger partial charge in [-0.3, -0.25) is 4.79 Å². The lowest BCUT2D eigenvalue weighted by molar-refractivity contribution is -0.110. The van der Waals surface area contributed by atoms with E-state index in [1.807, 2.05) is 42.5 Å². The number of likely N-dealkylation sites (tertiary alicyclic amines) is 1. The molecule has 1 amide bonds. The van der Waals surface area contributed by atoms with Gasteiger partial charge in [-0.1, -0.05) is 66.6 Å². The first-order valence-corrected chi connectivity index (χ1v) is 12.0. The quantitative estimate of drug-likeness (QED) is 0.427. The molecule has 0 atom stereocenters. The van der Waals surface area contributed by atoms with Crippen molar-refractivity contribution in [3.8, 4) is 0 Å². The molecule has 0 bridgehead atoms. The van der Waals surface area contributed by atoms with E-state index in [1.165, 1.54) is 37.9 Å². The molecule has 0 unspecified atom stereocenters. The summed E-state index contributed by atoms with van der Waals surface area (Å²) in [5, 5.41) is 7.09. The number of anilines is 2. The van der Waals surface area contributed by atoms with E-state index in [0.717, 1.165) is 41.2 Å². The van der Waals surface area contributed by atoms with Gasteiger partial charge < -0.3 is 15.5 Å². The number of nitrogens with zero attached hydrogens (tertiary/aromatic N) is 1. The molecule has 2 aliphatic heterocycles. The number of fused-ring (bicyclic) bond motifs is 1. The zero-order chi connectivity index (χ0) is 22.6. The van der Waals surface area contributed by atoms with Crippen LogP contribution in [-0.4, -0.2) is 30.4 Å². The van der Waals surface area contributed by atoms with E-state index in [0.29, 0.717) is 10.6 Å². The Hall–Kier alpha value is -3.08. The third-order valence-corrected chi connectivity index (χ3v) is 6.66. The third kappa shape index (κ3) is 4.97. The molecule has 0 saturated carbocycles. The number of hydrogen-bond acceptors (Lipinski definition) is 3. The molecule has 33 heavy (non-hydrogen) atoms. The first-order chi connectivity index (χ1) is 16.2. The van der Waals surface area contributed by atoms with Crippen LogP contribution in [0, 0.1) is 0 Å². The molecule has 2 N–H and O–H groups in total. The first-order valence-electron chi connectivity index (χ1n) is 11.7. The van der Waals surface area contributed by atoms with Gasteiger partial charge in [0.05, 0.1) is 17.0 Å². The van der Waals surface area contributed by atoms with Gasteiger partial charge in [-0.15, -0.1) is 0 Å². The monoisotopic (exact) mass is 457 g/mol. The van der Waals surface area contributed by atoms with Gasteiger partial charge in [-0.2, -0.15) is 0 Å². The second-order valence-electron chi connectivity index (χ2n) is 8.73. The maximum Gasteiger partial charge on any atom is 0.258 e. The summed E-state index contributed by atoms with van der Waals surface area (Å²) in [5.41, 5.74) is 6.26. The molecular formula is C28H28ClN3O.